The first-order valence-electron chi connectivity index (χ1n) is 8.13. The zero-order chi connectivity index (χ0) is 20.0. The number of hydrogen-bond acceptors (Lipinski definition) is 4. The molecular weight excluding hydrogens is 406 g/mol. The molecule has 0 radical (unpaired) electrons. The number of amides is 1. The van der Waals surface area contributed by atoms with Gasteiger partial charge in [-0.25, -0.2) is 13.1 Å². The minimum atomic E-state index is -3.55. The van der Waals surface area contributed by atoms with Gasteiger partial charge in [-0.15, -0.1) is 0 Å². The van der Waals surface area contributed by atoms with Gasteiger partial charge in [0, 0.05) is 16.8 Å². The van der Waals surface area contributed by atoms with E-state index < -0.39 is 10.0 Å². The standard InChI is InChI=1S/C18H20ClN3O3S2/c1-12(2)22-27(24,25)16-9-7-15(8-10-16)20-18(26)21-17(23)11-13-3-5-14(19)6-4-13/h3-10,12,22H,11H2,1-2H3,(H2,20,21,23,26). The molecule has 6 nitrogen and oxygen atoms in total. The van der Waals surface area contributed by atoms with Crippen molar-refractivity contribution in [3.8, 4) is 0 Å². The van der Waals surface area contributed by atoms with E-state index in [0.29, 0.717) is 10.7 Å². The molecule has 0 saturated heterocycles. The third-order valence-electron chi connectivity index (χ3n) is 3.34. The Labute approximate surface area is 169 Å². The molecule has 0 heterocycles. The van der Waals surface area contributed by atoms with Crippen LogP contribution in [0.2, 0.25) is 5.02 Å². The maximum Gasteiger partial charge on any atom is 0.240 e. The molecule has 0 aliphatic rings. The van der Waals surface area contributed by atoms with E-state index in [2.05, 4.69) is 15.4 Å². The van der Waals surface area contributed by atoms with Gasteiger partial charge in [-0.2, -0.15) is 0 Å². The molecule has 27 heavy (non-hydrogen) atoms. The quantitative estimate of drug-likeness (QED) is 0.619. The number of carbonyl (C=O) groups is 1. The average molecular weight is 426 g/mol. The fraction of sp³-hybridized carbons (Fsp3) is 0.222. The van der Waals surface area contributed by atoms with Crippen LogP contribution in [0.25, 0.3) is 0 Å². The van der Waals surface area contributed by atoms with Crippen LogP contribution in [0.4, 0.5) is 5.69 Å². The van der Waals surface area contributed by atoms with E-state index in [1.807, 2.05) is 0 Å². The van der Waals surface area contributed by atoms with Gasteiger partial charge in [-0.1, -0.05) is 23.7 Å². The third kappa shape index (κ3) is 6.91. The van der Waals surface area contributed by atoms with Crippen molar-refractivity contribution >= 4 is 50.5 Å². The van der Waals surface area contributed by atoms with Crippen LogP contribution in [0.3, 0.4) is 0 Å². The number of hydrogen-bond donors (Lipinski definition) is 3. The van der Waals surface area contributed by atoms with Crippen molar-refractivity contribution in [2.75, 3.05) is 5.32 Å². The molecule has 3 N–H and O–H groups in total. The van der Waals surface area contributed by atoms with Gasteiger partial charge in [0.05, 0.1) is 11.3 Å². The molecule has 0 aliphatic carbocycles. The summed E-state index contributed by atoms with van der Waals surface area (Å²) < 4.78 is 26.7. The van der Waals surface area contributed by atoms with Gasteiger partial charge < -0.3 is 10.6 Å². The topological polar surface area (TPSA) is 87.3 Å². The summed E-state index contributed by atoms with van der Waals surface area (Å²) in [5.41, 5.74) is 1.38. The van der Waals surface area contributed by atoms with Gasteiger partial charge in [0.2, 0.25) is 15.9 Å². The summed E-state index contributed by atoms with van der Waals surface area (Å²) in [6, 6.07) is 12.8. The Morgan fingerprint density at radius 3 is 2.22 bits per heavy atom. The second-order valence-corrected chi connectivity index (χ2v) is 8.66. The molecule has 0 atom stereocenters. The van der Waals surface area contributed by atoms with E-state index in [1.54, 1.807) is 50.2 Å². The second kappa shape index (κ2) is 9.27. The maximum atomic E-state index is 12.1. The summed E-state index contributed by atoms with van der Waals surface area (Å²) >= 11 is 10.9. The normalized spacial score (nSPS) is 11.3. The van der Waals surface area contributed by atoms with E-state index >= 15 is 0 Å². The van der Waals surface area contributed by atoms with E-state index in [0.717, 1.165) is 5.56 Å². The molecule has 0 aliphatic heterocycles. The zero-order valence-corrected chi connectivity index (χ0v) is 17.2. The molecule has 0 fully saturated rings. The Hall–Kier alpha value is -2.00. The summed E-state index contributed by atoms with van der Waals surface area (Å²) in [6.07, 6.45) is 0.164. The van der Waals surface area contributed by atoms with Gasteiger partial charge >= 0.3 is 0 Å². The van der Waals surface area contributed by atoms with E-state index in [9.17, 15) is 13.2 Å². The molecule has 2 aromatic rings. The van der Waals surface area contributed by atoms with Crippen molar-refractivity contribution in [2.24, 2.45) is 0 Å². The number of rotatable bonds is 6. The summed E-state index contributed by atoms with van der Waals surface area (Å²) in [4.78, 5) is 12.2. The van der Waals surface area contributed by atoms with Crippen LogP contribution in [0.1, 0.15) is 19.4 Å². The molecule has 0 saturated carbocycles. The maximum absolute atomic E-state index is 12.1. The number of halogens is 1. The van der Waals surface area contributed by atoms with Crippen LogP contribution in [0.15, 0.2) is 53.4 Å². The number of thiocarbonyl (C=S) groups is 1. The SMILES string of the molecule is CC(C)NS(=O)(=O)c1ccc(NC(=S)NC(=O)Cc2ccc(Cl)cc2)cc1. The van der Waals surface area contributed by atoms with Crippen molar-refractivity contribution < 1.29 is 13.2 Å². The highest BCUT2D eigenvalue weighted by atomic mass is 35.5. The fourth-order valence-corrected chi connectivity index (χ4v) is 3.83. The smallest absolute Gasteiger partial charge is 0.240 e. The molecule has 0 spiro atoms. The van der Waals surface area contributed by atoms with Gasteiger partial charge in [0.1, 0.15) is 0 Å². The minimum Gasteiger partial charge on any atom is -0.332 e. The van der Waals surface area contributed by atoms with Crippen molar-refractivity contribution in [2.45, 2.75) is 31.2 Å². The molecule has 1 amide bonds. The van der Waals surface area contributed by atoms with Crippen LogP contribution < -0.4 is 15.4 Å². The number of nitrogens with one attached hydrogen (secondary N) is 3. The summed E-state index contributed by atoms with van der Waals surface area (Å²) in [6.45, 7) is 3.50. The van der Waals surface area contributed by atoms with Crippen LogP contribution in [0.5, 0.6) is 0 Å². The van der Waals surface area contributed by atoms with Crippen molar-refractivity contribution in [3.05, 3.63) is 59.1 Å². The summed E-state index contributed by atoms with van der Waals surface area (Å²) in [7, 11) is -3.55. The molecule has 0 aromatic heterocycles. The molecule has 0 unspecified atom stereocenters. The second-order valence-electron chi connectivity index (χ2n) is 6.11. The van der Waals surface area contributed by atoms with Gasteiger partial charge in [-0.05, 0) is 68.0 Å². The predicted molar refractivity (Wildman–Crippen MR) is 111 cm³/mol. The average Bonchev–Trinajstić information content (AvgIpc) is 2.56. The lowest BCUT2D eigenvalue weighted by Crippen LogP contribution is -2.35. The van der Waals surface area contributed by atoms with E-state index in [4.69, 9.17) is 23.8 Å². The molecule has 0 bridgehead atoms. The van der Waals surface area contributed by atoms with E-state index in [-0.39, 0.29) is 28.4 Å². The number of carbonyl (C=O) groups excluding carboxylic acids is 1. The molecule has 144 valence electrons. The highest BCUT2D eigenvalue weighted by Gasteiger charge is 2.15. The van der Waals surface area contributed by atoms with Crippen molar-refractivity contribution in [3.63, 3.8) is 0 Å². The Bertz CT molecular complexity index is 912. The third-order valence-corrected chi connectivity index (χ3v) is 5.47. The predicted octanol–water partition coefficient (Wildman–Crippen LogP) is 3.08. The Morgan fingerprint density at radius 2 is 1.67 bits per heavy atom. The van der Waals surface area contributed by atoms with Gasteiger partial charge in [-0.3, -0.25) is 4.79 Å². The largest absolute Gasteiger partial charge is 0.332 e. The van der Waals surface area contributed by atoms with Crippen molar-refractivity contribution in [1.29, 1.82) is 0 Å². The monoisotopic (exact) mass is 425 g/mol. The van der Waals surface area contributed by atoms with Crippen LogP contribution in [-0.4, -0.2) is 25.5 Å². The summed E-state index contributed by atoms with van der Waals surface area (Å²) in [5.74, 6) is -0.268. The lowest BCUT2D eigenvalue weighted by molar-refractivity contribution is -0.119. The van der Waals surface area contributed by atoms with Crippen LogP contribution >= 0.6 is 23.8 Å². The Kier molecular flexibility index (Phi) is 7.32. The fourth-order valence-electron chi connectivity index (χ4n) is 2.22. The first-order valence-corrected chi connectivity index (χ1v) is 10.4. The van der Waals surface area contributed by atoms with Crippen molar-refractivity contribution in [1.82, 2.24) is 10.0 Å². The van der Waals surface area contributed by atoms with Gasteiger partial charge in [0.25, 0.3) is 0 Å². The van der Waals surface area contributed by atoms with E-state index in [1.165, 1.54) is 12.1 Å². The lowest BCUT2D eigenvalue weighted by atomic mass is 10.1. The first kappa shape index (κ1) is 21.3. The molecule has 9 heteroatoms. The van der Waals surface area contributed by atoms with Crippen LogP contribution in [0, 0.1) is 0 Å². The molecule has 2 rings (SSSR count). The lowest BCUT2D eigenvalue weighted by Gasteiger charge is -2.12. The minimum absolute atomic E-state index is 0.130. The number of sulfonamides is 1. The zero-order valence-electron chi connectivity index (χ0n) is 14.8. The highest BCUT2D eigenvalue weighted by molar-refractivity contribution is 7.89. The highest BCUT2D eigenvalue weighted by Crippen LogP contribution is 2.14. The number of anilines is 1. The Morgan fingerprint density at radius 1 is 1.07 bits per heavy atom. The number of benzene rings is 2. The summed E-state index contributed by atoms with van der Waals surface area (Å²) in [5, 5.41) is 6.16. The molecular formula is C18H20ClN3O3S2. The first-order chi connectivity index (χ1) is 12.7. The molecule has 2 aromatic carbocycles. The van der Waals surface area contributed by atoms with Gasteiger partial charge in [0.15, 0.2) is 5.11 Å². The van der Waals surface area contributed by atoms with Crippen LogP contribution in [-0.2, 0) is 21.2 Å². The Balaban J connectivity index is 1.91.